The lowest BCUT2D eigenvalue weighted by Gasteiger charge is -2.27. The Morgan fingerprint density at radius 1 is 1.60 bits per heavy atom. The monoisotopic (exact) mass is 224 g/mol. The maximum atomic E-state index is 4.28. The number of aromatic nitrogens is 1. The van der Waals surface area contributed by atoms with Gasteiger partial charge in [0.2, 0.25) is 0 Å². The standard InChI is InChI=1S/C12H20N2S/c1-9-10(15-8-14-9)7-13-11-5-4-6-12(11,2)3/h8,11,13H,4-7H2,1-3H3. The summed E-state index contributed by atoms with van der Waals surface area (Å²) in [4.78, 5) is 5.66. The Balaban J connectivity index is 1.91. The fourth-order valence-corrected chi connectivity index (χ4v) is 3.14. The lowest BCUT2D eigenvalue weighted by molar-refractivity contribution is 0.283. The summed E-state index contributed by atoms with van der Waals surface area (Å²) in [7, 11) is 0. The van der Waals surface area contributed by atoms with Crippen molar-refractivity contribution in [2.24, 2.45) is 5.41 Å². The van der Waals surface area contributed by atoms with Gasteiger partial charge in [0.15, 0.2) is 0 Å². The molecule has 0 aliphatic heterocycles. The van der Waals surface area contributed by atoms with E-state index in [1.54, 1.807) is 11.3 Å². The van der Waals surface area contributed by atoms with Gasteiger partial charge in [0.05, 0.1) is 11.2 Å². The van der Waals surface area contributed by atoms with Gasteiger partial charge in [0.1, 0.15) is 0 Å². The molecule has 1 saturated carbocycles. The summed E-state index contributed by atoms with van der Waals surface area (Å²) in [5.74, 6) is 0. The van der Waals surface area contributed by atoms with Gasteiger partial charge in [-0.2, -0.15) is 0 Å². The minimum atomic E-state index is 0.471. The minimum Gasteiger partial charge on any atom is -0.309 e. The van der Waals surface area contributed by atoms with E-state index in [0.717, 1.165) is 6.54 Å². The van der Waals surface area contributed by atoms with Gasteiger partial charge < -0.3 is 5.32 Å². The molecule has 1 aromatic heterocycles. The van der Waals surface area contributed by atoms with Crippen LogP contribution >= 0.6 is 11.3 Å². The Morgan fingerprint density at radius 2 is 2.40 bits per heavy atom. The maximum absolute atomic E-state index is 4.28. The normalized spacial score (nSPS) is 24.6. The molecule has 1 fully saturated rings. The van der Waals surface area contributed by atoms with Crippen LogP contribution in [0.5, 0.6) is 0 Å². The van der Waals surface area contributed by atoms with Gasteiger partial charge >= 0.3 is 0 Å². The highest BCUT2D eigenvalue weighted by Crippen LogP contribution is 2.37. The summed E-state index contributed by atoms with van der Waals surface area (Å²) in [6.45, 7) is 7.83. The molecule has 0 bridgehead atoms. The summed E-state index contributed by atoms with van der Waals surface area (Å²) in [6, 6.07) is 0.680. The Bertz CT molecular complexity index is 330. The largest absolute Gasteiger partial charge is 0.309 e. The van der Waals surface area contributed by atoms with E-state index in [0.29, 0.717) is 11.5 Å². The first-order valence-corrected chi connectivity index (χ1v) is 6.60. The van der Waals surface area contributed by atoms with Gasteiger partial charge in [-0.1, -0.05) is 20.3 Å². The van der Waals surface area contributed by atoms with Crippen LogP contribution < -0.4 is 5.32 Å². The van der Waals surface area contributed by atoms with Crippen molar-refractivity contribution in [2.45, 2.75) is 52.6 Å². The lowest BCUT2D eigenvalue weighted by Crippen LogP contribution is -2.37. The van der Waals surface area contributed by atoms with Gasteiger partial charge in [-0.25, -0.2) is 4.98 Å². The van der Waals surface area contributed by atoms with Crippen LogP contribution in [0, 0.1) is 12.3 Å². The van der Waals surface area contributed by atoms with Crippen LogP contribution in [0.15, 0.2) is 5.51 Å². The summed E-state index contributed by atoms with van der Waals surface area (Å²) in [6.07, 6.45) is 4.05. The predicted octanol–water partition coefficient (Wildman–Crippen LogP) is 3.12. The Morgan fingerprint density at radius 3 is 2.93 bits per heavy atom. The molecule has 1 unspecified atom stereocenters. The average Bonchev–Trinajstić information content (AvgIpc) is 2.69. The van der Waals surface area contributed by atoms with Crippen LogP contribution in [-0.2, 0) is 6.54 Å². The number of thiazole rings is 1. The van der Waals surface area contributed by atoms with E-state index in [4.69, 9.17) is 0 Å². The van der Waals surface area contributed by atoms with Crippen molar-refractivity contribution in [3.63, 3.8) is 0 Å². The van der Waals surface area contributed by atoms with Gasteiger partial charge in [-0.05, 0) is 25.2 Å². The molecule has 1 atom stereocenters. The summed E-state index contributed by atoms with van der Waals surface area (Å²) < 4.78 is 0. The number of aryl methyl sites for hydroxylation is 1. The van der Waals surface area contributed by atoms with Gasteiger partial charge in [0.25, 0.3) is 0 Å². The number of nitrogens with zero attached hydrogens (tertiary/aromatic N) is 1. The van der Waals surface area contributed by atoms with Gasteiger partial charge in [-0.3, -0.25) is 0 Å². The zero-order valence-electron chi connectivity index (χ0n) is 9.84. The molecule has 15 heavy (non-hydrogen) atoms. The molecule has 1 N–H and O–H groups in total. The molecule has 0 radical (unpaired) electrons. The number of nitrogens with one attached hydrogen (secondary N) is 1. The highest BCUT2D eigenvalue weighted by Gasteiger charge is 2.33. The van der Waals surface area contributed by atoms with Crippen molar-refractivity contribution in [3.05, 3.63) is 16.1 Å². The Hall–Kier alpha value is -0.410. The molecular weight excluding hydrogens is 204 g/mol. The van der Waals surface area contributed by atoms with E-state index in [-0.39, 0.29) is 0 Å². The molecule has 0 amide bonds. The van der Waals surface area contributed by atoms with Gasteiger partial charge in [0, 0.05) is 17.5 Å². The smallest absolute Gasteiger partial charge is 0.0798 e. The molecule has 2 nitrogen and oxygen atoms in total. The molecule has 1 heterocycles. The quantitative estimate of drug-likeness (QED) is 0.853. The van der Waals surface area contributed by atoms with E-state index >= 15 is 0 Å². The Labute approximate surface area is 96.1 Å². The second-order valence-corrected chi connectivity index (χ2v) is 6.11. The summed E-state index contributed by atoms with van der Waals surface area (Å²) in [5.41, 5.74) is 3.59. The zero-order valence-corrected chi connectivity index (χ0v) is 10.7. The van der Waals surface area contributed by atoms with Crippen LogP contribution in [0.3, 0.4) is 0 Å². The van der Waals surface area contributed by atoms with Crippen molar-refractivity contribution < 1.29 is 0 Å². The molecule has 1 aliphatic carbocycles. The van der Waals surface area contributed by atoms with Crippen LogP contribution in [-0.4, -0.2) is 11.0 Å². The van der Waals surface area contributed by atoms with Crippen molar-refractivity contribution in [1.82, 2.24) is 10.3 Å². The first kappa shape index (κ1) is 11.1. The molecule has 1 aliphatic rings. The van der Waals surface area contributed by atoms with Crippen molar-refractivity contribution in [2.75, 3.05) is 0 Å². The van der Waals surface area contributed by atoms with E-state index in [9.17, 15) is 0 Å². The predicted molar refractivity (Wildman–Crippen MR) is 65.1 cm³/mol. The fraction of sp³-hybridized carbons (Fsp3) is 0.750. The second kappa shape index (κ2) is 4.22. The maximum Gasteiger partial charge on any atom is 0.0798 e. The molecule has 3 heteroatoms. The Kier molecular flexibility index (Phi) is 3.12. The van der Waals surface area contributed by atoms with E-state index in [2.05, 4.69) is 31.1 Å². The van der Waals surface area contributed by atoms with E-state index < -0.39 is 0 Å². The lowest BCUT2D eigenvalue weighted by atomic mass is 9.87. The molecule has 1 aromatic rings. The number of rotatable bonds is 3. The van der Waals surface area contributed by atoms with Crippen molar-refractivity contribution in [3.8, 4) is 0 Å². The third-order valence-corrected chi connectivity index (χ3v) is 4.55. The minimum absolute atomic E-state index is 0.471. The highest BCUT2D eigenvalue weighted by molar-refractivity contribution is 7.09. The molecule has 84 valence electrons. The van der Waals surface area contributed by atoms with Crippen LogP contribution in [0.1, 0.15) is 43.7 Å². The molecule has 0 spiro atoms. The topological polar surface area (TPSA) is 24.9 Å². The fourth-order valence-electron chi connectivity index (χ4n) is 2.42. The first-order chi connectivity index (χ1) is 7.09. The highest BCUT2D eigenvalue weighted by atomic mass is 32.1. The molecule has 0 saturated heterocycles. The third kappa shape index (κ3) is 2.40. The van der Waals surface area contributed by atoms with Crippen LogP contribution in [0.25, 0.3) is 0 Å². The molecule has 2 rings (SSSR count). The first-order valence-electron chi connectivity index (χ1n) is 5.72. The summed E-state index contributed by atoms with van der Waals surface area (Å²) in [5, 5.41) is 3.69. The van der Waals surface area contributed by atoms with E-state index in [1.165, 1.54) is 29.8 Å². The zero-order chi connectivity index (χ0) is 10.9. The second-order valence-electron chi connectivity index (χ2n) is 5.18. The van der Waals surface area contributed by atoms with Crippen molar-refractivity contribution >= 4 is 11.3 Å². The van der Waals surface area contributed by atoms with E-state index in [1.807, 2.05) is 5.51 Å². The molecular formula is C12H20N2S. The SMILES string of the molecule is Cc1ncsc1CNC1CCCC1(C)C. The number of hydrogen-bond acceptors (Lipinski definition) is 3. The summed E-state index contributed by atoms with van der Waals surface area (Å²) >= 11 is 1.76. The van der Waals surface area contributed by atoms with Crippen molar-refractivity contribution in [1.29, 1.82) is 0 Å². The van der Waals surface area contributed by atoms with Crippen LogP contribution in [0.2, 0.25) is 0 Å². The molecule has 0 aromatic carbocycles. The van der Waals surface area contributed by atoms with Crippen LogP contribution in [0.4, 0.5) is 0 Å². The third-order valence-electron chi connectivity index (χ3n) is 3.61. The van der Waals surface area contributed by atoms with Gasteiger partial charge in [-0.15, -0.1) is 11.3 Å². The number of hydrogen-bond donors (Lipinski definition) is 1. The average molecular weight is 224 g/mol.